The van der Waals surface area contributed by atoms with Crippen molar-refractivity contribution < 1.29 is 20.4 Å². The van der Waals surface area contributed by atoms with Gasteiger partial charge in [-0.15, -0.1) is 0 Å². The van der Waals surface area contributed by atoms with E-state index in [2.05, 4.69) is 10.5 Å². The van der Waals surface area contributed by atoms with Crippen molar-refractivity contribution in [2.75, 3.05) is 26.8 Å². The summed E-state index contributed by atoms with van der Waals surface area (Å²) in [4.78, 5) is 9.38. The minimum Gasteiger partial charge on any atom is -0.530 e. The van der Waals surface area contributed by atoms with E-state index in [-0.39, 0.29) is 0 Å². The summed E-state index contributed by atoms with van der Waals surface area (Å²) < 4.78 is 4.63. The zero-order chi connectivity index (χ0) is 9.11. The third-order valence-corrected chi connectivity index (χ3v) is 0.670. The van der Waals surface area contributed by atoms with Crippen LogP contribution in [0.25, 0.3) is 0 Å². The summed E-state index contributed by atoms with van der Waals surface area (Å²) in [6, 6.07) is 0. The Bertz CT molecular complexity index is 85.9. The van der Waals surface area contributed by atoms with Crippen LogP contribution in [0.15, 0.2) is 0 Å². The molecule has 0 rings (SSSR count). The van der Waals surface area contributed by atoms with Crippen molar-refractivity contribution in [1.82, 2.24) is 5.32 Å². The van der Waals surface area contributed by atoms with Crippen molar-refractivity contribution in [3.63, 3.8) is 0 Å². The van der Waals surface area contributed by atoms with Crippen LogP contribution in [0.5, 0.6) is 0 Å². The molecule has 0 heterocycles. The molecule has 0 aliphatic carbocycles. The Kier molecular flexibility index (Phi) is 13.9. The van der Waals surface area contributed by atoms with Crippen LogP contribution in [-0.2, 0) is 4.74 Å². The lowest BCUT2D eigenvalue weighted by molar-refractivity contribution is -0.373. The van der Waals surface area contributed by atoms with Gasteiger partial charge in [-0.2, -0.15) is 0 Å². The summed E-state index contributed by atoms with van der Waals surface area (Å²) in [5.74, 6) is 0. The number of rotatable bonds is 3. The van der Waals surface area contributed by atoms with E-state index >= 15 is 0 Å². The van der Waals surface area contributed by atoms with E-state index < -0.39 is 6.09 Å². The number of carbonyl (C=O) groups excluding carboxylic acids is 1. The minimum atomic E-state index is -1.21. The molecule has 68 valence electrons. The van der Waals surface area contributed by atoms with E-state index in [1.807, 2.05) is 5.32 Å². The number of carbonyl (C=O) groups is 1. The molecule has 0 aromatic heterocycles. The Morgan fingerprint density at radius 3 is 2.27 bits per heavy atom. The third-order valence-electron chi connectivity index (χ3n) is 0.670. The number of ether oxygens (including phenoxy) is 1. The number of hydrogen-bond donors (Lipinski definition) is 2. The van der Waals surface area contributed by atoms with E-state index in [9.17, 15) is 9.90 Å². The Balaban J connectivity index is 0. The lowest BCUT2D eigenvalue weighted by Crippen LogP contribution is -2.52. The van der Waals surface area contributed by atoms with Gasteiger partial charge in [0, 0.05) is 13.7 Å². The molecule has 1 amide bonds. The first kappa shape index (κ1) is 12.8. The summed E-state index contributed by atoms with van der Waals surface area (Å²) in [7, 11) is 1.67. The van der Waals surface area contributed by atoms with E-state index in [0.29, 0.717) is 6.54 Å². The summed E-state index contributed by atoms with van der Waals surface area (Å²) in [5.41, 5.74) is 3.55. The van der Waals surface area contributed by atoms with Gasteiger partial charge in [0.25, 0.3) is 0 Å². The fourth-order valence-electron chi connectivity index (χ4n) is 0.289. The molecule has 0 aliphatic heterocycles. The van der Waals surface area contributed by atoms with Crippen LogP contribution in [0.2, 0.25) is 0 Å². The van der Waals surface area contributed by atoms with Crippen molar-refractivity contribution in [3.05, 3.63) is 0 Å². The average molecular weight is 164 g/mol. The summed E-state index contributed by atoms with van der Waals surface area (Å²) >= 11 is 0. The van der Waals surface area contributed by atoms with Crippen LogP contribution >= 0.6 is 0 Å². The second-order valence-corrected chi connectivity index (χ2v) is 1.66. The van der Waals surface area contributed by atoms with Gasteiger partial charge in [0.15, 0.2) is 0 Å². The fraction of sp³-hybridized carbons (Fsp3) is 0.833. The second-order valence-electron chi connectivity index (χ2n) is 1.66. The molecule has 0 fully saturated rings. The van der Waals surface area contributed by atoms with E-state index in [0.717, 1.165) is 13.2 Å². The lowest BCUT2D eigenvalue weighted by atomic mass is 10.7. The third kappa shape index (κ3) is 27.1. The van der Waals surface area contributed by atoms with Crippen molar-refractivity contribution >= 4 is 6.09 Å². The second kappa shape index (κ2) is 11.9. The van der Waals surface area contributed by atoms with Crippen LogP contribution in [0.3, 0.4) is 0 Å². The van der Waals surface area contributed by atoms with Gasteiger partial charge in [0.1, 0.15) is 6.09 Å². The highest BCUT2D eigenvalue weighted by Crippen LogP contribution is 1.51. The van der Waals surface area contributed by atoms with Crippen LogP contribution < -0.4 is 16.2 Å². The van der Waals surface area contributed by atoms with Crippen LogP contribution in [0, 0.1) is 0 Å². The maximum absolute atomic E-state index is 9.38. The molecule has 0 aliphatic rings. The zero-order valence-electron chi connectivity index (χ0n) is 7.05. The zero-order valence-corrected chi connectivity index (χ0v) is 7.05. The van der Waals surface area contributed by atoms with Crippen LogP contribution in [0.1, 0.15) is 6.92 Å². The van der Waals surface area contributed by atoms with Gasteiger partial charge in [0.2, 0.25) is 0 Å². The molecule has 4 N–H and O–H groups in total. The Morgan fingerprint density at radius 1 is 1.73 bits per heavy atom. The van der Waals surface area contributed by atoms with E-state index in [1.54, 1.807) is 14.0 Å². The number of quaternary nitrogens is 1. The molecule has 0 aromatic carbocycles. The first-order valence-corrected chi connectivity index (χ1v) is 3.42. The molecule has 5 nitrogen and oxygen atoms in total. The monoisotopic (exact) mass is 164 g/mol. The van der Waals surface area contributed by atoms with Gasteiger partial charge in [-0.3, -0.25) is 0 Å². The molecule has 11 heavy (non-hydrogen) atoms. The predicted molar refractivity (Wildman–Crippen MR) is 38.7 cm³/mol. The summed E-state index contributed by atoms with van der Waals surface area (Å²) in [5, 5.41) is 11.4. The number of hydrogen-bond acceptors (Lipinski definition) is 3. The first-order chi connectivity index (χ1) is 5.18. The van der Waals surface area contributed by atoms with Crippen molar-refractivity contribution in [2.45, 2.75) is 6.92 Å². The van der Waals surface area contributed by atoms with Gasteiger partial charge >= 0.3 is 0 Å². The van der Waals surface area contributed by atoms with Crippen molar-refractivity contribution in [3.8, 4) is 0 Å². The van der Waals surface area contributed by atoms with Gasteiger partial charge in [-0.25, -0.2) is 0 Å². The van der Waals surface area contributed by atoms with Crippen molar-refractivity contribution in [1.29, 1.82) is 0 Å². The van der Waals surface area contributed by atoms with Gasteiger partial charge in [-0.1, -0.05) is 0 Å². The number of methoxy groups -OCH3 is 1. The highest BCUT2D eigenvalue weighted by molar-refractivity contribution is 5.61. The minimum absolute atomic E-state index is 0.419. The molecule has 0 saturated heterocycles. The normalized spacial score (nSPS) is 7.91. The van der Waals surface area contributed by atoms with Gasteiger partial charge in [0.05, 0.1) is 13.2 Å². The molecule has 0 aromatic rings. The van der Waals surface area contributed by atoms with E-state index in [1.165, 1.54) is 0 Å². The Hall–Kier alpha value is -0.810. The molecule has 0 bridgehead atoms. The van der Waals surface area contributed by atoms with Gasteiger partial charge < -0.3 is 25.7 Å². The number of carboxylic acid groups (broad SMARTS) is 1. The topological polar surface area (TPSA) is 89.0 Å². The van der Waals surface area contributed by atoms with Crippen molar-refractivity contribution in [2.24, 2.45) is 0 Å². The molecule has 0 radical (unpaired) electrons. The van der Waals surface area contributed by atoms with Crippen LogP contribution in [0.4, 0.5) is 4.79 Å². The molecule has 0 atom stereocenters. The molecule has 5 heteroatoms. The summed E-state index contributed by atoms with van der Waals surface area (Å²) in [6.07, 6.45) is -1.21. The Labute approximate surface area is 66.5 Å². The maximum atomic E-state index is 9.38. The van der Waals surface area contributed by atoms with Crippen LogP contribution in [-0.4, -0.2) is 32.9 Å². The fourth-order valence-corrected chi connectivity index (χ4v) is 0.289. The first-order valence-electron chi connectivity index (χ1n) is 3.42. The highest BCUT2D eigenvalue weighted by Gasteiger charge is 1.69. The quantitative estimate of drug-likeness (QED) is 0.496. The number of amides is 1. The summed E-state index contributed by atoms with van der Waals surface area (Å²) in [6.45, 7) is 3.76. The molecule has 0 unspecified atom stereocenters. The SMILES string of the molecule is CCNC(=O)[O-].COCC[NH3+]. The number of nitrogens with one attached hydrogen (secondary N) is 1. The van der Waals surface area contributed by atoms with E-state index in [4.69, 9.17) is 0 Å². The Morgan fingerprint density at radius 2 is 2.27 bits per heavy atom. The standard InChI is InChI=1S/C3H7NO2.C3H9NO/c1-2-4-3(5)6;1-5-3-2-4/h4H,2H2,1H3,(H,5,6);2-4H2,1H3. The molecule has 0 saturated carbocycles. The largest absolute Gasteiger partial charge is 0.530 e. The highest BCUT2D eigenvalue weighted by atomic mass is 16.5. The molecular formula is C6H16N2O3. The average Bonchev–Trinajstić information content (AvgIpc) is 1.90. The maximum Gasteiger partial charge on any atom is 0.134 e. The lowest BCUT2D eigenvalue weighted by Gasteiger charge is -1.98. The smallest absolute Gasteiger partial charge is 0.134 e. The molecule has 0 spiro atoms. The predicted octanol–water partition coefficient (Wildman–Crippen LogP) is -2.19. The van der Waals surface area contributed by atoms with Gasteiger partial charge in [-0.05, 0) is 6.92 Å². The molecular weight excluding hydrogens is 148 g/mol.